The number of aldehydes is 1. The van der Waals surface area contributed by atoms with E-state index in [0.29, 0.717) is 26.3 Å². The van der Waals surface area contributed by atoms with E-state index < -0.39 is 15.4 Å². The molecule has 6 heteroatoms. The Kier molecular flexibility index (Phi) is 4.27. The largest absolute Gasteiger partial charge is 0.379 e. The van der Waals surface area contributed by atoms with Gasteiger partial charge in [0.2, 0.25) is 10.0 Å². The summed E-state index contributed by atoms with van der Waals surface area (Å²) in [6.45, 7) is 5.20. The smallest absolute Gasteiger partial charge is 0.243 e. The van der Waals surface area contributed by atoms with E-state index in [4.69, 9.17) is 4.74 Å². The second-order valence-corrected chi connectivity index (χ2v) is 7.32. The molecule has 1 saturated heterocycles. The van der Waals surface area contributed by atoms with Crippen LogP contribution >= 0.6 is 0 Å². The summed E-state index contributed by atoms with van der Waals surface area (Å²) in [7, 11) is -3.47. The third-order valence-corrected chi connectivity index (χ3v) is 5.41. The zero-order chi connectivity index (χ0) is 14.8. The van der Waals surface area contributed by atoms with Gasteiger partial charge in [0, 0.05) is 18.5 Å². The number of benzene rings is 1. The van der Waals surface area contributed by atoms with Gasteiger partial charge in [0.25, 0.3) is 0 Å². The Hall–Kier alpha value is -1.24. The van der Waals surface area contributed by atoms with Crippen LogP contribution in [0.3, 0.4) is 0 Å². The van der Waals surface area contributed by atoms with Crippen molar-refractivity contribution in [2.45, 2.75) is 24.2 Å². The number of carbonyl (C=O) groups excluding carboxylic acids is 1. The lowest BCUT2D eigenvalue weighted by atomic mass is 9.87. The van der Waals surface area contributed by atoms with Crippen molar-refractivity contribution in [3.63, 3.8) is 0 Å². The van der Waals surface area contributed by atoms with E-state index in [2.05, 4.69) is 0 Å². The molecule has 0 aromatic heterocycles. The van der Waals surface area contributed by atoms with Crippen LogP contribution in [0.2, 0.25) is 0 Å². The Morgan fingerprint density at radius 1 is 1.15 bits per heavy atom. The first-order valence-corrected chi connectivity index (χ1v) is 7.97. The maximum absolute atomic E-state index is 12.4. The van der Waals surface area contributed by atoms with E-state index >= 15 is 0 Å². The lowest BCUT2D eigenvalue weighted by Gasteiger charge is -2.26. The molecule has 0 atom stereocenters. The Bertz CT molecular complexity index is 572. The van der Waals surface area contributed by atoms with Crippen molar-refractivity contribution in [3.05, 3.63) is 29.8 Å². The van der Waals surface area contributed by atoms with Crippen LogP contribution in [-0.4, -0.2) is 45.3 Å². The van der Waals surface area contributed by atoms with Gasteiger partial charge in [-0.25, -0.2) is 8.42 Å². The van der Waals surface area contributed by atoms with Crippen molar-refractivity contribution in [1.82, 2.24) is 4.31 Å². The van der Waals surface area contributed by atoms with Crippen molar-refractivity contribution in [2.24, 2.45) is 0 Å². The average Bonchev–Trinajstić information content (AvgIpc) is 2.48. The van der Waals surface area contributed by atoms with Crippen LogP contribution < -0.4 is 0 Å². The molecule has 0 amide bonds. The Morgan fingerprint density at radius 3 is 2.20 bits per heavy atom. The first-order valence-electron chi connectivity index (χ1n) is 6.53. The van der Waals surface area contributed by atoms with Crippen molar-refractivity contribution < 1.29 is 17.9 Å². The maximum Gasteiger partial charge on any atom is 0.243 e. The van der Waals surface area contributed by atoms with Crippen molar-refractivity contribution in [1.29, 1.82) is 0 Å². The van der Waals surface area contributed by atoms with Gasteiger partial charge in [-0.15, -0.1) is 0 Å². The number of sulfonamides is 1. The van der Waals surface area contributed by atoms with Crippen LogP contribution in [0, 0.1) is 0 Å². The number of nitrogens with zero attached hydrogens (tertiary/aromatic N) is 1. The van der Waals surface area contributed by atoms with Gasteiger partial charge in [-0.1, -0.05) is 12.1 Å². The average molecular weight is 297 g/mol. The highest BCUT2D eigenvalue weighted by molar-refractivity contribution is 7.89. The molecular formula is C14H19NO4S. The minimum Gasteiger partial charge on any atom is -0.379 e. The zero-order valence-electron chi connectivity index (χ0n) is 11.7. The van der Waals surface area contributed by atoms with E-state index in [-0.39, 0.29) is 4.90 Å². The Balaban J connectivity index is 2.27. The van der Waals surface area contributed by atoms with Crippen molar-refractivity contribution in [3.8, 4) is 0 Å². The van der Waals surface area contributed by atoms with Gasteiger partial charge in [0.05, 0.1) is 18.1 Å². The topological polar surface area (TPSA) is 63.7 Å². The quantitative estimate of drug-likeness (QED) is 0.783. The second-order valence-electron chi connectivity index (χ2n) is 5.38. The molecule has 1 fully saturated rings. The predicted octanol–water partition coefficient (Wildman–Crippen LogP) is 1.18. The summed E-state index contributed by atoms with van der Waals surface area (Å²) in [4.78, 5) is 11.3. The van der Waals surface area contributed by atoms with Gasteiger partial charge in [-0.05, 0) is 31.5 Å². The zero-order valence-corrected chi connectivity index (χ0v) is 12.5. The lowest BCUT2D eigenvalue weighted by Crippen LogP contribution is -2.40. The third-order valence-electron chi connectivity index (χ3n) is 3.50. The molecule has 1 aromatic rings. The third kappa shape index (κ3) is 2.92. The first kappa shape index (κ1) is 15.2. The van der Waals surface area contributed by atoms with Crippen molar-refractivity contribution in [2.75, 3.05) is 26.3 Å². The van der Waals surface area contributed by atoms with Gasteiger partial charge in [0.1, 0.15) is 6.29 Å². The van der Waals surface area contributed by atoms with Crippen LogP contribution in [0.15, 0.2) is 29.2 Å². The van der Waals surface area contributed by atoms with Crippen LogP contribution in [0.5, 0.6) is 0 Å². The molecule has 0 unspecified atom stereocenters. The molecular weight excluding hydrogens is 278 g/mol. The first-order chi connectivity index (χ1) is 9.38. The van der Waals surface area contributed by atoms with Gasteiger partial charge in [-0.3, -0.25) is 0 Å². The lowest BCUT2D eigenvalue weighted by molar-refractivity contribution is -0.111. The van der Waals surface area contributed by atoms with Gasteiger partial charge >= 0.3 is 0 Å². The maximum atomic E-state index is 12.4. The molecule has 0 N–H and O–H groups in total. The predicted molar refractivity (Wildman–Crippen MR) is 75.1 cm³/mol. The minimum atomic E-state index is -3.47. The minimum absolute atomic E-state index is 0.254. The van der Waals surface area contributed by atoms with E-state index in [1.165, 1.54) is 4.31 Å². The fraction of sp³-hybridized carbons (Fsp3) is 0.500. The summed E-state index contributed by atoms with van der Waals surface area (Å²) in [5, 5.41) is 0. The van der Waals surface area contributed by atoms with E-state index in [9.17, 15) is 13.2 Å². The summed E-state index contributed by atoms with van der Waals surface area (Å²) < 4.78 is 31.4. The normalized spacial score (nSPS) is 17.9. The molecule has 110 valence electrons. The summed E-state index contributed by atoms with van der Waals surface area (Å²) in [5.74, 6) is 0. The highest BCUT2D eigenvalue weighted by Crippen LogP contribution is 2.24. The summed E-state index contributed by atoms with van der Waals surface area (Å²) >= 11 is 0. The monoisotopic (exact) mass is 297 g/mol. The van der Waals surface area contributed by atoms with Crippen molar-refractivity contribution >= 4 is 16.3 Å². The molecule has 1 aliphatic heterocycles. The van der Waals surface area contributed by atoms with E-state index in [1.807, 2.05) is 0 Å². The summed E-state index contributed by atoms with van der Waals surface area (Å²) in [6.07, 6.45) is 0.860. The highest BCUT2D eigenvalue weighted by Gasteiger charge is 2.27. The van der Waals surface area contributed by atoms with Gasteiger partial charge in [0.15, 0.2) is 0 Å². The molecule has 1 aliphatic rings. The van der Waals surface area contributed by atoms with E-state index in [1.54, 1.807) is 38.1 Å². The van der Waals surface area contributed by atoms with Gasteiger partial charge < -0.3 is 9.53 Å². The van der Waals surface area contributed by atoms with Crippen LogP contribution in [0.25, 0.3) is 0 Å². The van der Waals surface area contributed by atoms with Crippen LogP contribution in [0.1, 0.15) is 19.4 Å². The molecule has 0 radical (unpaired) electrons. The van der Waals surface area contributed by atoms with Crippen LogP contribution in [0.4, 0.5) is 0 Å². The summed E-state index contributed by atoms with van der Waals surface area (Å²) in [6, 6.07) is 6.51. The molecule has 5 nitrogen and oxygen atoms in total. The number of ether oxygens (including phenoxy) is 1. The molecule has 20 heavy (non-hydrogen) atoms. The molecule has 0 spiro atoms. The fourth-order valence-corrected chi connectivity index (χ4v) is 3.47. The fourth-order valence-electron chi connectivity index (χ4n) is 2.06. The molecule has 1 aromatic carbocycles. The van der Waals surface area contributed by atoms with Gasteiger partial charge in [-0.2, -0.15) is 4.31 Å². The summed E-state index contributed by atoms with van der Waals surface area (Å²) in [5.41, 5.74) is 0.190. The number of hydrogen-bond donors (Lipinski definition) is 0. The Labute approximate surface area is 119 Å². The molecule has 0 saturated carbocycles. The molecule has 1 heterocycles. The SMILES string of the molecule is CC(C)(C=O)c1ccc(S(=O)(=O)N2CCOCC2)cc1. The Morgan fingerprint density at radius 2 is 1.70 bits per heavy atom. The van der Waals surface area contributed by atoms with Crippen LogP contribution in [-0.2, 0) is 25.0 Å². The number of rotatable bonds is 4. The standard InChI is InChI=1S/C14H19NO4S/c1-14(2,11-16)12-3-5-13(6-4-12)20(17,18)15-7-9-19-10-8-15/h3-6,11H,7-10H2,1-2H3. The number of carbonyl (C=O) groups is 1. The highest BCUT2D eigenvalue weighted by atomic mass is 32.2. The van der Waals surface area contributed by atoms with E-state index in [0.717, 1.165) is 11.8 Å². The number of morpholine rings is 1. The number of hydrogen-bond acceptors (Lipinski definition) is 4. The molecule has 2 rings (SSSR count). The molecule has 0 bridgehead atoms. The molecule has 0 aliphatic carbocycles. The second kappa shape index (κ2) is 5.63.